The number of ketones is 1. The molecular formula is C24H29N3O4. The summed E-state index contributed by atoms with van der Waals surface area (Å²) < 4.78 is 5.16. The fourth-order valence-corrected chi connectivity index (χ4v) is 3.86. The van der Waals surface area contributed by atoms with Gasteiger partial charge in [-0.2, -0.15) is 0 Å². The molecule has 1 aromatic carbocycles. The number of aromatic nitrogens is 1. The standard InChI is InChI=1S/C24H29N3O4/c1-4-26(5-2)15-8-16-27-21(19-9-6-7-14-25-19)20(23(29)24(27)30)22(28)17-10-12-18(31-3)13-11-17/h6-7,9-14,21,28H,4-5,8,15-16H2,1-3H3/t21-/m1/s1. The molecule has 1 aromatic heterocycles. The number of likely N-dealkylation sites (tertiary alicyclic amines) is 1. The summed E-state index contributed by atoms with van der Waals surface area (Å²) in [5.41, 5.74) is 1.07. The van der Waals surface area contributed by atoms with Crippen LogP contribution in [0, 0.1) is 0 Å². The summed E-state index contributed by atoms with van der Waals surface area (Å²) in [7, 11) is 1.56. The van der Waals surface area contributed by atoms with Crippen molar-refractivity contribution in [3.05, 3.63) is 65.5 Å². The Morgan fingerprint density at radius 1 is 1.13 bits per heavy atom. The molecule has 7 nitrogen and oxygen atoms in total. The zero-order valence-corrected chi connectivity index (χ0v) is 18.2. The van der Waals surface area contributed by atoms with Crippen LogP contribution in [0.3, 0.4) is 0 Å². The molecule has 0 unspecified atom stereocenters. The van der Waals surface area contributed by atoms with E-state index in [1.807, 2.05) is 6.07 Å². The summed E-state index contributed by atoms with van der Waals surface area (Å²) in [6, 6.07) is 11.4. The molecule has 1 amide bonds. The second kappa shape index (κ2) is 10.2. The summed E-state index contributed by atoms with van der Waals surface area (Å²) in [4.78, 5) is 34.1. The molecule has 0 radical (unpaired) electrons. The second-order valence-electron chi connectivity index (χ2n) is 7.36. The summed E-state index contributed by atoms with van der Waals surface area (Å²) in [5, 5.41) is 11.0. The minimum Gasteiger partial charge on any atom is -0.507 e. The highest BCUT2D eigenvalue weighted by atomic mass is 16.5. The molecule has 3 rings (SSSR count). The lowest BCUT2D eigenvalue weighted by Gasteiger charge is -2.26. The molecule has 2 heterocycles. The Morgan fingerprint density at radius 3 is 2.42 bits per heavy atom. The molecule has 7 heteroatoms. The average molecular weight is 424 g/mol. The van der Waals surface area contributed by atoms with Crippen LogP contribution in [0.1, 0.15) is 37.6 Å². The van der Waals surface area contributed by atoms with Crippen molar-refractivity contribution < 1.29 is 19.4 Å². The van der Waals surface area contributed by atoms with Gasteiger partial charge in [0, 0.05) is 18.3 Å². The molecule has 164 valence electrons. The number of Topliss-reactive ketones (excluding diaryl/α,β-unsaturated/α-hetero) is 1. The molecule has 1 aliphatic heterocycles. The van der Waals surface area contributed by atoms with Gasteiger partial charge in [-0.25, -0.2) is 0 Å². The Bertz CT molecular complexity index is 937. The number of rotatable bonds is 9. The molecule has 1 aliphatic rings. The fourth-order valence-electron chi connectivity index (χ4n) is 3.86. The van der Waals surface area contributed by atoms with Gasteiger partial charge in [-0.05, 0) is 62.5 Å². The lowest BCUT2D eigenvalue weighted by Crippen LogP contribution is -2.33. The lowest BCUT2D eigenvalue weighted by atomic mass is 9.98. The molecule has 1 N–H and O–H groups in total. The van der Waals surface area contributed by atoms with Crippen molar-refractivity contribution in [2.75, 3.05) is 33.3 Å². The second-order valence-corrected chi connectivity index (χ2v) is 7.36. The van der Waals surface area contributed by atoms with Crippen LogP contribution in [-0.4, -0.2) is 64.9 Å². The highest BCUT2D eigenvalue weighted by Gasteiger charge is 2.46. The van der Waals surface area contributed by atoms with E-state index in [0.29, 0.717) is 23.6 Å². The average Bonchev–Trinajstić information content (AvgIpc) is 3.07. The molecule has 0 bridgehead atoms. The van der Waals surface area contributed by atoms with Crippen LogP contribution in [0.5, 0.6) is 5.75 Å². The zero-order valence-electron chi connectivity index (χ0n) is 18.2. The number of hydrogen-bond acceptors (Lipinski definition) is 6. The third kappa shape index (κ3) is 4.77. The number of benzene rings is 1. The minimum atomic E-state index is -0.722. The van der Waals surface area contributed by atoms with Crippen molar-refractivity contribution >= 4 is 17.4 Å². The quantitative estimate of drug-likeness (QED) is 0.379. The summed E-state index contributed by atoms with van der Waals surface area (Å²) in [5.74, 6) is -0.866. The van der Waals surface area contributed by atoms with Crippen LogP contribution in [0.2, 0.25) is 0 Å². The van der Waals surface area contributed by atoms with Gasteiger partial charge in [-0.15, -0.1) is 0 Å². The molecule has 31 heavy (non-hydrogen) atoms. The first-order valence-corrected chi connectivity index (χ1v) is 10.6. The number of nitrogens with zero attached hydrogens (tertiary/aromatic N) is 3. The van der Waals surface area contributed by atoms with Gasteiger partial charge in [0.25, 0.3) is 11.7 Å². The highest BCUT2D eigenvalue weighted by Crippen LogP contribution is 2.38. The SMILES string of the molecule is CCN(CC)CCCN1C(=O)C(=O)C(=C(O)c2ccc(OC)cc2)[C@H]1c1ccccn1. The van der Waals surface area contributed by atoms with E-state index >= 15 is 0 Å². The molecule has 0 spiro atoms. The number of carbonyl (C=O) groups excluding carboxylic acids is 2. The molecule has 1 saturated heterocycles. The minimum absolute atomic E-state index is 0.0664. The Kier molecular flexibility index (Phi) is 7.41. The number of carbonyl (C=O) groups is 2. The summed E-state index contributed by atoms with van der Waals surface area (Å²) >= 11 is 0. The van der Waals surface area contributed by atoms with E-state index in [-0.39, 0.29) is 11.3 Å². The smallest absolute Gasteiger partial charge is 0.295 e. The van der Waals surface area contributed by atoms with Crippen molar-refractivity contribution in [2.45, 2.75) is 26.3 Å². The number of pyridine rings is 1. The fraction of sp³-hybridized carbons (Fsp3) is 0.375. The van der Waals surface area contributed by atoms with E-state index in [0.717, 1.165) is 26.1 Å². The van der Waals surface area contributed by atoms with Crippen LogP contribution in [0.15, 0.2) is 54.2 Å². The van der Waals surface area contributed by atoms with Crippen molar-refractivity contribution in [2.24, 2.45) is 0 Å². The summed E-state index contributed by atoms with van der Waals surface area (Å²) in [6.45, 7) is 7.27. The normalized spacial score (nSPS) is 18.1. The first-order chi connectivity index (χ1) is 15.0. The van der Waals surface area contributed by atoms with Crippen LogP contribution in [-0.2, 0) is 9.59 Å². The molecule has 0 aliphatic carbocycles. The van der Waals surface area contributed by atoms with Gasteiger partial charge >= 0.3 is 0 Å². The molecule has 1 fully saturated rings. The molecule has 1 atom stereocenters. The first kappa shape index (κ1) is 22.5. The summed E-state index contributed by atoms with van der Waals surface area (Å²) in [6.07, 6.45) is 2.35. The van der Waals surface area contributed by atoms with Crippen molar-refractivity contribution in [3.63, 3.8) is 0 Å². The van der Waals surface area contributed by atoms with Crippen molar-refractivity contribution in [3.8, 4) is 5.75 Å². The Hall–Kier alpha value is -3.19. The zero-order chi connectivity index (χ0) is 22.4. The number of amides is 1. The molecule has 2 aromatic rings. The number of aliphatic hydroxyl groups excluding tert-OH is 1. The number of aliphatic hydroxyl groups is 1. The van der Waals surface area contributed by atoms with Crippen molar-refractivity contribution in [1.82, 2.24) is 14.8 Å². The topological polar surface area (TPSA) is 83.0 Å². The number of methoxy groups -OCH3 is 1. The van der Waals surface area contributed by atoms with Gasteiger partial charge in [0.2, 0.25) is 0 Å². The van der Waals surface area contributed by atoms with E-state index in [9.17, 15) is 14.7 Å². The van der Waals surface area contributed by atoms with E-state index in [4.69, 9.17) is 4.74 Å². The maximum atomic E-state index is 13.0. The highest BCUT2D eigenvalue weighted by molar-refractivity contribution is 6.46. The van der Waals surface area contributed by atoms with E-state index in [1.165, 1.54) is 4.90 Å². The van der Waals surface area contributed by atoms with Gasteiger partial charge in [-0.1, -0.05) is 19.9 Å². The van der Waals surface area contributed by atoms with E-state index in [2.05, 4.69) is 23.7 Å². The van der Waals surface area contributed by atoms with Crippen LogP contribution < -0.4 is 4.74 Å². The van der Waals surface area contributed by atoms with E-state index in [1.54, 1.807) is 49.7 Å². The maximum absolute atomic E-state index is 13.0. The predicted octanol–water partition coefficient (Wildman–Crippen LogP) is 3.24. The Labute approximate surface area is 183 Å². The monoisotopic (exact) mass is 423 g/mol. The molecule has 0 saturated carbocycles. The van der Waals surface area contributed by atoms with Gasteiger partial charge < -0.3 is 19.6 Å². The largest absolute Gasteiger partial charge is 0.507 e. The Balaban J connectivity index is 1.98. The van der Waals surface area contributed by atoms with Gasteiger partial charge in [0.05, 0.1) is 18.4 Å². The number of ether oxygens (including phenoxy) is 1. The third-order valence-electron chi connectivity index (χ3n) is 5.64. The van der Waals surface area contributed by atoms with Gasteiger partial charge in [-0.3, -0.25) is 14.6 Å². The Morgan fingerprint density at radius 2 is 1.84 bits per heavy atom. The maximum Gasteiger partial charge on any atom is 0.295 e. The predicted molar refractivity (Wildman–Crippen MR) is 119 cm³/mol. The van der Waals surface area contributed by atoms with Crippen LogP contribution in [0.4, 0.5) is 0 Å². The van der Waals surface area contributed by atoms with Gasteiger partial charge in [0.15, 0.2) is 0 Å². The molecular weight excluding hydrogens is 394 g/mol. The third-order valence-corrected chi connectivity index (χ3v) is 5.64. The number of hydrogen-bond donors (Lipinski definition) is 1. The van der Waals surface area contributed by atoms with Crippen molar-refractivity contribution in [1.29, 1.82) is 0 Å². The van der Waals surface area contributed by atoms with E-state index < -0.39 is 17.7 Å². The lowest BCUT2D eigenvalue weighted by molar-refractivity contribution is -0.140. The van der Waals surface area contributed by atoms with Gasteiger partial charge in [0.1, 0.15) is 17.6 Å². The first-order valence-electron chi connectivity index (χ1n) is 10.6. The van der Waals surface area contributed by atoms with Crippen LogP contribution in [0.25, 0.3) is 5.76 Å². The van der Waals surface area contributed by atoms with Crippen LogP contribution >= 0.6 is 0 Å².